The molecule has 5 heteroatoms. The zero-order chi connectivity index (χ0) is 40.7. The van der Waals surface area contributed by atoms with Crippen LogP contribution >= 0.6 is 0 Å². The van der Waals surface area contributed by atoms with Crippen LogP contribution in [0.25, 0.3) is 93.4 Å². The Kier molecular flexibility index (Phi) is 7.60. The molecular weight excluding hydrogens is 757 g/mol. The van der Waals surface area contributed by atoms with E-state index in [-0.39, 0.29) is 0 Å². The van der Waals surface area contributed by atoms with Crippen molar-refractivity contribution in [1.29, 1.82) is 0 Å². The Bertz CT molecular complexity index is 3880. The lowest BCUT2D eigenvalue weighted by atomic mass is 10.00. The van der Waals surface area contributed by atoms with Crippen molar-refractivity contribution >= 4 is 93.6 Å². The fourth-order valence-corrected chi connectivity index (χ4v) is 9.73. The highest BCUT2D eigenvalue weighted by molar-refractivity contribution is 6.20. The van der Waals surface area contributed by atoms with Crippen molar-refractivity contribution in [3.8, 4) is 11.4 Å². The monoisotopic (exact) mass is 792 g/mol. The van der Waals surface area contributed by atoms with Gasteiger partial charge in [-0.3, -0.25) is 0 Å². The van der Waals surface area contributed by atoms with Gasteiger partial charge >= 0.3 is 0 Å². The molecule has 0 unspecified atom stereocenters. The van der Waals surface area contributed by atoms with Crippen LogP contribution in [0.15, 0.2) is 221 Å². The first-order valence-corrected chi connectivity index (χ1v) is 21.1. The maximum atomic E-state index is 6.74. The van der Waals surface area contributed by atoms with E-state index in [1.54, 1.807) is 0 Å². The molecule has 0 aliphatic carbocycles. The molecule has 0 saturated carbocycles. The maximum Gasteiger partial charge on any atom is 0.160 e. The predicted octanol–water partition coefficient (Wildman–Crippen LogP) is 14.6. The molecule has 5 nitrogen and oxygen atoms in total. The first-order valence-electron chi connectivity index (χ1n) is 21.1. The van der Waals surface area contributed by atoms with Gasteiger partial charge < -0.3 is 13.6 Å². The molecule has 0 amide bonds. The number of aromatic nitrogens is 2. The highest BCUT2D eigenvalue weighted by atomic mass is 16.3. The summed E-state index contributed by atoms with van der Waals surface area (Å²) in [6.45, 7) is 0. The van der Waals surface area contributed by atoms with Gasteiger partial charge in [-0.25, -0.2) is 9.98 Å². The second kappa shape index (κ2) is 13.6. The van der Waals surface area contributed by atoms with E-state index >= 15 is 0 Å². The minimum Gasteiger partial charge on any atom is -0.456 e. The summed E-state index contributed by atoms with van der Waals surface area (Å²) in [7, 11) is 0. The molecule has 4 heterocycles. The van der Waals surface area contributed by atoms with Gasteiger partial charge in [0.1, 0.15) is 11.2 Å². The number of benzene rings is 9. The molecule has 0 fully saturated rings. The average molecular weight is 793 g/mol. The van der Waals surface area contributed by atoms with Gasteiger partial charge in [0.25, 0.3) is 0 Å². The Morgan fingerprint density at radius 2 is 1.02 bits per heavy atom. The van der Waals surface area contributed by atoms with E-state index in [1.807, 2.05) is 12.1 Å². The maximum absolute atomic E-state index is 6.74. The molecule has 0 radical (unpaired) electrons. The lowest BCUT2D eigenvalue weighted by Crippen LogP contribution is -2.05. The number of amidine groups is 1. The molecular formula is C57H36N4O. The summed E-state index contributed by atoms with van der Waals surface area (Å²) in [5, 5.41) is 9.36. The van der Waals surface area contributed by atoms with Gasteiger partial charge in [-0.05, 0) is 70.9 Å². The fraction of sp³-hybridized carbons (Fsp3) is 0.0175. The standard InChI is InChI=1S/C57H36N4O/c1-3-15-36(16-4-1)57-58-48(39-27-28-44-42-21-9-12-24-50(42)60(52(44)33-39)40-19-5-2-6-20-40)29-30-49(59-57)47-34-41(35-55-56(47)45-23-11-14-26-54(45)62-55)61-51-25-13-10-22-43(51)46-31-37-17-7-8-18-38(37)32-53(46)61/h1-28,30-35H,29H2. The van der Waals surface area contributed by atoms with Gasteiger partial charge in [-0.15, -0.1) is 0 Å². The Balaban J connectivity index is 1.04. The molecule has 0 atom stereocenters. The third kappa shape index (κ3) is 5.35. The number of furan rings is 1. The molecule has 0 bridgehead atoms. The Labute approximate surface area is 356 Å². The molecule has 0 saturated heterocycles. The van der Waals surface area contributed by atoms with E-state index in [0.717, 1.165) is 78.0 Å². The number of rotatable bonds is 5. The van der Waals surface area contributed by atoms with Crippen LogP contribution in [0.3, 0.4) is 0 Å². The number of aliphatic imine (C=N–C) groups is 2. The number of fused-ring (bicyclic) bond motifs is 10. The second-order valence-corrected chi connectivity index (χ2v) is 16.1. The van der Waals surface area contributed by atoms with E-state index in [0.29, 0.717) is 12.3 Å². The lowest BCUT2D eigenvalue weighted by Gasteiger charge is -2.13. The Morgan fingerprint density at radius 1 is 0.403 bits per heavy atom. The van der Waals surface area contributed by atoms with Crippen molar-refractivity contribution in [3.63, 3.8) is 0 Å². The van der Waals surface area contributed by atoms with Crippen molar-refractivity contribution in [3.05, 3.63) is 223 Å². The SMILES string of the molecule is C1=C(c2cc(-n3c4ccccc4c4cc5ccccc5cc43)cc3oc4ccccc4c23)N=C(c2ccccc2)N=C(c2ccc3c4ccccc4n(-c4ccccc4)c3c2)C1. The van der Waals surface area contributed by atoms with E-state index < -0.39 is 0 Å². The van der Waals surface area contributed by atoms with E-state index in [9.17, 15) is 0 Å². The molecule has 290 valence electrons. The zero-order valence-corrected chi connectivity index (χ0v) is 33.5. The van der Waals surface area contributed by atoms with Crippen LogP contribution in [-0.2, 0) is 0 Å². The number of hydrogen-bond acceptors (Lipinski definition) is 3. The van der Waals surface area contributed by atoms with Gasteiger partial charge in [0, 0.05) is 61.6 Å². The van der Waals surface area contributed by atoms with Crippen LogP contribution in [0.1, 0.15) is 23.1 Å². The van der Waals surface area contributed by atoms with Gasteiger partial charge in [0.15, 0.2) is 5.84 Å². The molecule has 0 spiro atoms. The molecule has 12 aromatic rings. The summed E-state index contributed by atoms with van der Waals surface area (Å²) in [5.41, 5.74) is 13.2. The van der Waals surface area contributed by atoms with Crippen molar-refractivity contribution in [1.82, 2.24) is 9.13 Å². The Morgan fingerprint density at radius 3 is 1.81 bits per heavy atom. The molecule has 0 N–H and O–H groups in total. The Hall–Kier alpha value is -8.28. The molecule has 13 rings (SSSR count). The van der Waals surface area contributed by atoms with Gasteiger partial charge in [-0.2, -0.15) is 0 Å². The predicted molar refractivity (Wildman–Crippen MR) is 258 cm³/mol. The average Bonchev–Trinajstić information content (AvgIpc) is 3.91. The highest BCUT2D eigenvalue weighted by Gasteiger charge is 2.22. The normalized spacial score (nSPS) is 13.4. The second-order valence-electron chi connectivity index (χ2n) is 16.1. The van der Waals surface area contributed by atoms with Gasteiger partial charge in [0.2, 0.25) is 0 Å². The van der Waals surface area contributed by atoms with E-state index in [1.165, 1.54) is 37.8 Å². The topological polar surface area (TPSA) is 47.7 Å². The number of allylic oxidation sites excluding steroid dienone is 1. The highest BCUT2D eigenvalue weighted by Crippen LogP contribution is 2.41. The van der Waals surface area contributed by atoms with Crippen molar-refractivity contribution < 1.29 is 4.42 Å². The van der Waals surface area contributed by atoms with Crippen molar-refractivity contribution in [2.24, 2.45) is 9.98 Å². The first-order chi connectivity index (χ1) is 30.7. The van der Waals surface area contributed by atoms with Crippen LogP contribution < -0.4 is 0 Å². The number of para-hydroxylation sites is 4. The molecule has 1 aliphatic rings. The third-order valence-corrected chi connectivity index (χ3v) is 12.5. The van der Waals surface area contributed by atoms with Crippen LogP contribution in [0.5, 0.6) is 0 Å². The fourth-order valence-electron chi connectivity index (χ4n) is 9.73. The summed E-state index contributed by atoms with van der Waals surface area (Å²) in [6.07, 6.45) is 2.83. The van der Waals surface area contributed by atoms with Crippen molar-refractivity contribution in [2.75, 3.05) is 0 Å². The number of nitrogens with zero attached hydrogens (tertiary/aromatic N) is 4. The quantitative estimate of drug-likeness (QED) is 0.171. The lowest BCUT2D eigenvalue weighted by molar-refractivity contribution is 0.668. The van der Waals surface area contributed by atoms with Crippen LogP contribution in [-0.4, -0.2) is 20.7 Å². The minimum atomic E-state index is 0.578. The van der Waals surface area contributed by atoms with E-state index in [4.69, 9.17) is 14.4 Å². The summed E-state index contributed by atoms with van der Waals surface area (Å²) < 4.78 is 11.5. The third-order valence-electron chi connectivity index (χ3n) is 12.5. The largest absolute Gasteiger partial charge is 0.456 e. The molecule has 3 aromatic heterocycles. The molecule has 9 aromatic carbocycles. The van der Waals surface area contributed by atoms with Gasteiger partial charge in [0.05, 0.1) is 39.2 Å². The van der Waals surface area contributed by atoms with E-state index in [2.05, 4.69) is 203 Å². The smallest absolute Gasteiger partial charge is 0.160 e. The first kappa shape index (κ1) is 34.6. The minimum absolute atomic E-state index is 0.578. The molecule has 1 aliphatic heterocycles. The van der Waals surface area contributed by atoms with Crippen LogP contribution in [0.4, 0.5) is 0 Å². The van der Waals surface area contributed by atoms with Crippen LogP contribution in [0.2, 0.25) is 0 Å². The van der Waals surface area contributed by atoms with Gasteiger partial charge in [-0.1, -0.05) is 146 Å². The van der Waals surface area contributed by atoms with Crippen LogP contribution in [0, 0.1) is 0 Å². The zero-order valence-electron chi connectivity index (χ0n) is 33.5. The summed E-state index contributed by atoms with van der Waals surface area (Å²) in [4.78, 5) is 11.0. The molecule has 62 heavy (non-hydrogen) atoms. The summed E-state index contributed by atoms with van der Waals surface area (Å²) in [6, 6.07) is 71.1. The van der Waals surface area contributed by atoms with Crippen molar-refractivity contribution in [2.45, 2.75) is 6.42 Å². The summed E-state index contributed by atoms with van der Waals surface area (Å²) in [5.74, 6) is 0.669. The summed E-state index contributed by atoms with van der Waals surface area (Å²) >= 11 is 0. The number of hydrogen-bond donors (Lipinski definition) is 0.